The highest BCUT2D eigenvalue weighted by Crippen LogP contribution is 2.37. The number of thiazole rings is 1. The Morgan fingerprint density at radius 3 is 2.33 bits per heavy atom. The van der Waals surface area contributed by atoms with Crippen molar-refractivity contribution in [1.29, 1.82) is 0 Å². The number of halogens is 2. The fourth-order valence-corrected chi connectivity index (χ4v) is 6.05. The van der Waals surface area contributed by atoms with E-state index < -0.39 is 12.0 Å². The van der Waals surface area contributed by atoms with Crippen LogP contribution in [0.15, 0.2) is 81.7 Å². The van der Waals surface area contributed by atoms with Crippen molar-refractivity contribution in [2.75, 3.05) is 21.3 Å². The lowest BCUT2D eigenvalue weighted by atomic mass is 9.95. The van der Waals surface area contributed by atoms with Gasteiger partial charge in [0.05, 0.1) is 37.1 Å². The predicted molar refractivity (Wildman–Crippen MR) is 163 cm³/mol. The molecule has 0 radical (unpaired) electrons. The fraction of sp³-hybridized carbons (Fsp3) is 0.194. The molecule has 0 saturated carbocycles. The maximum absolute atomic E-state index is 13.9. The maximum Gasteiger partial charge on any atom is 0.338 e. The highest BCUT2D eigenvalue weighted by molar-refractivity contribution is 7.07. The van der Waals surface area contributed by atoms with E-state index in [1.807, 2.05) is 18.2 Å². The smallest absolute Gasteiger partial charge is 0.338 e. The number of aromatic nitrogens is 1. The molecule has 11 heteroatoms. The molecule has 42 heavy (non-hydrogen) atoms. The van der Waals surface area contributed by atoms with Crippen LogP contribution < -0.4 is 29.1 Å². The Morgan fingerprint density at radius 2 is 1.64 bits per heavy atom. The van der Waals surface area contributed by atoms with Crippen LogP contribution in [0.3, 0.4) is 0 Å². The van der Waals surface area contributed by atoms with Crippen LogP contribution >= 0.6 is 34.5 Å². The maximum atomic E-state index is 13.9. The van der Waals surface area contributed by atoms with Crippen LogP contribution in [0, 0.1) is 0 Å². The largest absolute Gasteiger partial charge is 0.496 e. The highest BCUT2D eigenvalue weighted by atomic mass is 35.5. The lowest BCUT2D eigenvalue weighted by molar-refractivity contribution is -0.136. The number of allylic oxidation sites excluding steroid dienone is 1. The van der Waals surface area contributed by atoms with Gasteiger partial charge in [0, 0.05) is 15.6 Å². The molecular formula is C31H26Cl2N2O6S. The molecule has 1 aliphatic rings. The first-order valence-electron chi connectivity index (χ1n) is 12.7. The van der Waals surface area contributed by atoms with E-state index in [1.54, 1.807) is 62.6 Å². The molecule has 0 fully saturated rings. The highest BCUT2D eigenvalue weighted by Gasteiger charge is 2.35. The number of carbonyl (C=O) groups excluding carboxylic acids is 1. The molecule has 8 nitrogen and oxygen atoms in total. The van der Waals surface area contributed by atoms with E-state index in [-0.39, 0.29) is 11.1 Å². The molecule has 5 rings (SSSR count). The lowest BCUT2D eigenvalue weighted by Crippen LogP contribution is -2.40. The van der Waals surface area contributed by atoms with Gasteiger partial charge < -0.3 is 18.9 Å². The summed E-state index contributed by atoms with van der Waals surface area (Å²) in [6, 6.07) is 17.0. The standard InChI is InChI=1S/C31H26Cl2N2O6S/c1-17-27(30(37)40-4)28(22-15-21(33)10-12-23(22)38-2)35-29(36)26(42-31(35)34-17)14-19-7-11-24(25(13-19)39-3)41-16-18-5-8-20(32)9-6-18/h5-15,28H,16H2,1-4H3/b26-14-/t28-/m0/s1. The Labute approximate surface area is 255 Å². The van der Waals surface area contributed by atoms with Gasteiger partial charge >= 0.3 is 5.97 Å². The van der Waals surface area contributed by atoms with E-state index in [2.05, 4.69) is 4.99 Å². The number of nitrogens with zero attached hydrogens (tertiary/aromatic N) is 2. The Kier molecular flexibility index (Phi) is 8.72. The van der Waals surface area contributed by atoms with E-state index in [1.165, 1.54) is 30.1 Å². The number of ether oxygens (including phenoxy) is 4. The van der Waals surface area contributed by atoms with E-state index in [0.29, 0.717) is 54.5 Å². The fourth-order valence-electron chi connectivity index (χ4n) is 4.69. The van der Waals surface area contributed by atoms with Gasteiger partial charge in [-0.3, -0.25) is 9.36 Å². The summed E-state index contributed by atoms with van der Waals surface area (Å²) in [7, 11) is 4.36. The summed E-state index contributed by atoms with van der Waals surface area (Å²) >= 11 is 13.5. The van der Waals surface area contributed by atoms with Gasteiger partial charge in [-0.2, -0.15) is 0 Å². The van der Waals surface area contributed by atoms with Crippen molar-refractivity contribution >= 4 is 46.6 Å². The minimum Gasteiger partial charge on any atom is -0.496 e. The van der Waals surface area contributed by atoms with E-state index in [4.69, 9.17) is 42.1 Å². The average Bonchev–Trinajstić information content (AvgIpc) is 3.29. The molecule has 0 spiro atoms. The van der Waals surface area contributed by atoms with E-state index in [0.717, 1.165) is 11.1 Å². The van der Waals surface area contributed by atoms with E-state index in [9.17, 15) is 9.59 Å². The summed E-state index contributed by atoms with van der Waals surface area (Å²) in [5, 5.41) is 1.08. The van der Waals surface area contributed by atoms with Crippen LogP contribution in [0.5, 0.6) is 17.2 Å². The summed E-state index contributed by atoms with van der Waals surface area (Å²) in [6.45, 7) is 2.04. The molecule has 216 valence electrons. The third-order valence-corrected chi connectivity index (χ3v) is 8.18. The predicted octanol–water partition coefficient (Wildman–Crippen LogP) is 5.31. The van der Waals surface area contributed by atoms with Crippen molar-refractivity contribution in [2.24, 2.45) is 4.99 Å². The summed E-state index contributed by atoms with van der Waals surface area (Å²) < 4.78 is 24.1. The first-order chi connectivity index (χ1) is 20.2. The minimum absolute atomic E-state index is 0.223. The first-order valence-corrected chi connectivity index (χ1v) is 14.3. The topological polar surface area (TPSA) is 88.4 Å². The van der Waals surface area contributed by atoms with Gasteiger partial charge in [-0.1, -0.05) is 52.7 Å². The van der Waals surface area contributed by atoms with Gasteiger partial charge in [-0.05, 0) is 66.6 Å². The van der Waals surface area contributed by atoms with Crippen LogP contribution in [0.25, 0.3) is 6.08 Å². The average molecular weight is 626 g/mol. The summed E-state index contributed by atoms with van der Waals surface area (Å²) in [6.07, 6.45) is 1.75. The van der Waals surface area contributed by atoms with Crippen LogP contribution in [0.4, 0.5) is 0 Å². The molecule has 0 bridgehead atoms. The van der Waals surface area contributed by atoms with Crippen molar-refractivity contribution in [1.82, 2.24) is 4.57 Å². The quantitative estimate of drug-likeness (QED) is 0.247. The summed E-state index contributed by atoms with van der Waals surface area (Å²) in [5.74, 6) is 0.929. The second-order valence-corrected chi connectivity index (χ2v) is 11.2. The van der Waals surface area contributed by atoms with Gasteiger partial charge in [0.2, 0.25) is 0 Å². The van der Waals surface area contributed by atoms with Crippen molar-refractivity contribution in [3.8, 4) is 17.2 Å². The molecule has 1 atom stereocenters. The number of rotatable bonds is 8. The molecule has 0 N–H and O–H groups in total. The molecule has 0 amide bonds. The number of hydrogen-bond donors (Lipinski definition) is 0. The van der Waals surface area contributed by atoms with Gasteiger partial charge in [0.1, 0.15) is 18.4 Å². The number of methoxy groups -OCH3 is 3. The number of benzene rings is 3. The monoisotopic (exact) mass is 624 g/mol. The zero-order valence-electron chi connectivity index (χ0n) is 23.1. The van der Waals surface area contributed by atoms with Crippen LogP contribution in [-0.2, 0) is 16.1 Å². The molecule has 1 aliphatic heterocycles. The van der Waals surface area contributed by atoms with Crippen molar-refractivity contribution < 1.29 is 23.7 Å². The van der Waals surface area contributed by atoms with Crippen LogP contribution in [0.2, 0.25) is 10.0 Å². The first kappa shape index (κ1) is 29.4. The minimum atomic E-state index is -0.859. The molecule has 4 aromatic rings. The van der Waals surface area contributed by atoms with Gasteiger partial charge in [0.25, 0.3) is 5.56 Å². The third kappa shape index (κ3) is 5.81. The summed E-state index contributed by atoms with van der Waals surface area (Å²) in [5.41, 5.74) is 2.54. The second kappa shape index (κ2) is 12.4. The molecule has 0 aliphatic carbocycles. The number of esters is 1. The van der Waals surface area contributed by atoms with Gasteiger partial charge in [-0.15, -0.1) is 0 Å². The van der Waals surface area contributed by atoms with Crippen molar-refractivity contribution in [2.45, 2.75) is 19.6 Å². The third-order valence-electron chi connectivity index (χ3n) is 6.71. The Bertz CT molecular complexity index is 1880. The Morgan fingerprint density at radius 1 is 0.952 bits per heavy atom. The molecule has 0 unspecified atom stereocenters. The Hall–Kier alpha value is -4.05. The van der Waals surface area contributed by atoms with Gasteiger partial charge in [-0.25, -0.2) is 9.79 Å². The SMILES string of the molecule is COC(=O)C1=C(C)N=c2s/c(=C\c3ccc(OCc4ccc(Cl)cc4)c(OC)c3)c(=O)n2[C@H]1c1cc(Cl)ccc1OC. The van der Waals surface area contributed by atoms with Crippen molar-refractivity contribution in [3.63, 3.8) is 0 Å². The van der Waals surface area contributed by atoms with Gasteiger partial charge in [0.15, 0.2) is 16.3 Å². The summed E-state index contributed by atoms with van der Waals surface area (Å²) in [4.78, 5) is 31.9. The lowest BCUT2D eigenvalue weighted by Gasteiger charge is -2.25. The number of carbonyl (C=O) groups is 1. The normalized spacial score (nSPS) is 14.7. The van der Waals surface area contributed by atoms with Crippen molar-refractivity contribution in [3.05, 3.63) is 118 Å². The second-order valence-electron chi connectivity index (χ2n) is 9.29. The molecule has 1 aromatic heterocycles. The molecular weight excluding hydrogens is 599 g/mol. The molecule has 0 saturated heterocycles. The van der Waals surface area contributed by atoms with Crippen LogP contribution in [0.1, 0.15) is 29.7 Å². The molecule has 2 heterocycles. The Balaban J connectivity index is 1.57. The zero-order chi connectivity index (χ0) is 30.0. The van der Waals surface area contributed by atoms with Crippen LogP contribution in [-0.4, -0.2) is 31.9 Å². The number of fused-ring (bicyclic) bond motifs is 1. The number of hydrogen-bond acceptors (Lipinski definition) is 8. The molecule has 3 aromatic carbocycles. The van der Waals surface area contributed by atoms with E-state index >= 15 is 0 Å². The zero-order valence-corrected chi connectivity index (χ0v) is 25.5.